The van der Waals surface area contributed by atoms with E-state index >= 15 is 0 Å². The van der Waals surface area contributed by atoms with Crippen LogP contribution in [0.2, 0.25) is 0 Å². The highest BCUT2D eigenvalue weighted by Gasteiger charge is 2.35. The van der Waals surface area contributed by atoms with Gasteiger partial charge in [-0.05, 0) is 31.4 Å². The second-order valence-electron chi connectivity index (χ2n) is 9.04. The second-order valence-corrected chi connectivity index (χ2v) is 12.4. The topological polar surface area (TPSA) is 93.6 Å². The Morgan fingerprint density at radius 3 is 2.26 bits per heavy atom. The number of nitrogens with zero attached hydrogens (tertiary/aromatic N) is 1. The third kappa shape index (κ3) is 9.27. The summed E-state index contributed by atoms with van der Waals surface area (Å²) in [5.74, 6) is -0.187. The van der Waals surface area contributed by atoms with E-state index in [-0.39, 0.29) is 10.3 Å². The number of rotatable bonds is 18. The Bertz CT molecular complexity index is 924. The lowest BCUT2D eigenvalue weighted by Gasteiger charge is -2.22. The molecule has 1 N–H and O–H groups in total. The molecule has 6 nitrogen and oxygen atoms in total. The van der Waals surface area contributed by atoms with Gasteiger partial charge in [0.2, 0.25) is 14.2 Å². The second kappa shape index (κ2) is 15.5. The van der Waals surface area contributed by atoms with Gasteiger partial charge in [-0.15, -0.1) is 11.3 Å². The van der Waals surface area contributed by atoms with Gasteiger partial charge in [0.15, 0.2) is 0 Å². The van der Waals surface area contributed by atoms with Crippen LogP contribution in [0.25, 0.3) is 10.2 Å². The van der Waals surface area contributed by atoms with Gasteiger partial charge in [0.1, 0.15) is 0 Å². The molecule has 34 heavy (non-hydrogen) atoms. The molecule has 0 bridgehead atoms. The van der Waals surface area contributed by atoms with E-state index in [1.807, 2.05) is 24.3 Å². The Kier molecular flexibility index (Phi) is 13.1. The first kappa shape index (κ1) is 28.7. The van der Waals surface area contributed by atoms with Gasteiger partial charge in [-0.1, -0.05) is 83.3 Å². The lowest BCUT2D eigenvalue weighted by atomic mass is 10.0. The third-order valence-corrected chi connectivity index (χ3v) is 10.00. The zero-order chi connectivity index (χ0) is 24.8. The number of thiazole rings is 1. The highest BCUT2D eigenvalue weighted by atomic mass is 32.2. The van der Waals surface area contributed by atoms with Crippen LogP contribution < -0.4 is 0 Å². The largest absolute Gasteiger partial charge is 0.469 e. The van der Waals surface area contributed by atoms with Crippen molar-refractivity contribution >= 4 is 37.4 Å². The zero-order valence-corrected chi connectivity index (χ0v) is 22.3. The van der Waals surface area contributed by atoms with E-state index in [0.29, 0.717) is 24.8 Å². The van der Waals surface area contributed by atoms with Crippen molar-refractivity contribution in [3.05, 3.63) is 24.3 Å². The Labute approximate surface area is 209 Å². The number of carbonyl (C=O) groups is 1. The van der Waals surface area contributed by atoms with E-state index in [2.05, 4.69) is 16.6 Å². The first-order valence-corrected chi connectivity index (χ1v) is 15.1. The number of aliphatic hydroxyl groups is 1. The number of hydrogen-bond donors (Lipinski definition) is 1. The smallest absolute Gasteiger partial charge is 0.305 e. The average Bonchev–Trinajstić information content (AvgIpc) is 3.28. The van der Waals surface area contributed by atoms with Crippen LogP contribution in [-0.2, 0) is 19.4 Å². The predicted molar refractivity (Wildman–Crippen MR) is 139 cm³/mol. The van der Waals surface area contributed by atoms with Crippen molar-refractivity contribution in [2.75, 3.05) is 7.11 Å². The lowest BCUT2D eigenvalue weighted by molar-refractivity contribution is -0.140. The summed E-state index contributed by atoms with van der Waals surface area (Å²) in [6.45, 7) is 2.18. The minimum Gasteiger partial charge on any atom is -0.469 e. The standard InChI is InChI=1S/C26H41NO5S2/c1-3-4-5-6-9-12-19-24(22(28)17-11-8-7-10-13-20-25(29)32-2)34(30,31)26-27-21-16-14-15-18-23(21)33-26/h14-16,18,22,24,28H,3-13,17,19-20H2,1-2H3. The van der Waals surface area contributed by atoms with E-state index in [1.54, 1.807) is 0 Å². The maximum atomic E-state index is 13.5. The zero-order valence-electron chi connectivity index (χ0n) is 20.7. The lowest BCUT2D eigenvalue weighted by Crippen LogP contribution is -2.34. The number of ether oxygens (including phenoxy) is 1. The van der Waals surface area contributed by atoms with Gasteiger partial charge in [-0.2, -0.15) is 0 Å². The number of aromatic nitrogens is 1. The van der Waals surface area contributed by atoms with Crippen LogP contribution in [0.5, 0.6) is 0 Å². The molecular formula is C26H41NO5S2. The Morgan fingerprint density at radius 2 is 1.59 bits per heavy atom. The molecule has 0 fully saturated rings. The molecule has 1 aromatic carbocycles. The Balaban J connectivity index is 1.95. The summed E-state index contributed by atoms with van der Waals surface area (Å²) in [6, 6.07) is 7.44. The summed E-state index contributed by atoms with van der Waals surface area (Å²) in [5.41, 5.74) is 0.686. The molecule has 0 aliphatic carbocycles. The Morgan fingerprint density at radius 1 is 0.971 bits per heavy atom. The number of carbonyl (C=O) groups excluding carboxylic acids is 1. The summed E-state index contributed by atoms with van der Waals surface area (Å²) in [6.07, 6.45) is 11.2. The molecule has 0 radical (unpaired) electrons. The van der Waals surface area contributed by atoms with Gasteiger partial charge in [0.05, 0.1) is 28.7 Å². The van der Waals surface area contributed by atoms with Gasteiger partial charge < -0.3 is 9.84 Å². The number of benzene rings is 1. The first-order chi connectivity index (χ1) is 16.4. The van der Waals surface area contributed by atoms with Gasteiger partial charge in [0.25, 0.3) is 0 Å². The number of fused-ring (bicyclic) bond motifs is 1. The minimum atomic E-state index is -3.72. The van der Waals surface area contributed by atoms with E-state index in [9.17, 15) is 18.3 Å². The number of esters is 1. The molecule has 0 aliphatic heterocycles. The monoisotopic (exact) mass is 511 g/mol. The summed E-state index contributed by atoms with van der Waals surface area (Å²) >= 11 is 1.19. The molecule has 0 spiro atoms. The number of methoxy groups -OCH3 is 1. The fourth-order valence-corrected chi connectivity index (χ4v) is 7.54. The van der Waals surface area contributed by atoms with Crippen molar-refractivity contribution in [2.24, 2.45) is 0 Å². The van der Waals surface area contributed by atoms with E-state index in [0.717, 1.165) is 56.1 Å². The van der Waals surface area contributed by atoms with Crippen LogP contribution >= 0.6 is 11.3 Å². The SMILES string of the molecule is CCCCCCCCC(C(O)CCCCCCCC(=O)OC)S(=O)(=O)c1nc2ccccc2s1. The van der Waals surface area contributed by atoms with Crippen LogP contribution in [0.3, 0.4) is 0 Å². The number of aliphatic hydroxyl groups excluding tert-OH is 1. The van der Waals surface area contributed by atoms with Crippen LogP contribution in [-0.4, -0.2) is 42.9 Å². The van der Waals surface area contributed by atoms with E-state index in [4.69, 9.17) is 0 Å². The average molecular weight is 512 g/mol. The van der Waals surface area contributed by atoms with Crippen molar-refractivity contribution < 1.29 is 23.1 Å². The van der Waals surface area contributed by atoms with Gasteiger partial charge in [-0.25, -0.2) is 13.4 Å². The van der Waals surface area contributed by atoms with Crippen molar-refractivity contribution in [1.29, 1.82) is 0 Å². The third-order valence-electron chi connectivity index (χ3n) is 6.30. The number of hydrogen-bond acceptors (Lipinski definition) is 7. The van der Waals surface area contributed by atoms with Crippen LogP contribution in [0.15, 0.2) is 28.6 Å². The molecule has 192 valence electrons. The quantitative estimate of drug-likeness (QED) is 0.182. The van der Waals surface area contributed by atoms with Gasteiger partial charge >= 0.3 is 5.97 Å². The number of unbranched alkanes of at least 4 members (excludes halogenated alkanes) is 9. The fourth-order valence-electron chi connectivity index (χ4n) is 4.22. The number of para-hydroxylation sites is 1. The molecule has 0 saturated heterocycles. The van der Waals surface area contributed by atoms with Gasteiger partial charge in [-0.3, -0.25) is 4.79 Å². The van der Waals surface area contributed by atoms with Crippen molar-refractivity contribution in [2.45, 2.75) is 113 Å². The first-order valence-electron chi connectivity index (χ1n) is 12.7. The van der Waals surface area contributed by atoms with Crippen LogP contribution in [0.4, 0.5) is 0 Å². The van der Waals surface area contributed by atoms with Crippen LogP contribution in [0.1, 0.15) is 96.8 Å². The summed E-state index contributed by atoms with van der Waals surface area (Å²) in [5, 5.41) is 10.1. The minimum absolute atomic E-state index is 0.117. The van der Waals surface area contributed by atoms with Crippen LogP contribution in [0, 0.1) is 0 Å². The molecule has 2 unspecified atom stereocenters. The molecule has 2 aromatic rings. The highest BCUT2D eigenvalue weighted by Crippen LogP contribution is 2.31. The van der Waals surface area contributed by atoms with E-state index < -0.39 is 21.2 Å². The molecule has 0 aliphatic rings. The van der Waals surface area contributed by atoms with Crippen molar-refractivity contribution in [1.82, 2.24) is 4.98 Å². The summed E-state index contributed by atoms with van der Waals surface area (Å²) < 4.78 is 32.7. The van der Waals surface area contributed by atoms with Crippen molar-refractivity contribution in [3.63, 3.8) is 0 Å². The molecule has 1 heterocycles. The molecule has 0 saturated carbocycles. The van der Waals surface area contributed by atoms with Gasteiger partial charge in [0, 0.05) is 6.42 Å². The molecule has 0 amide bonds. The molecule has 8 heteroatoms. The molecule has 2 atom stereocenters. The molecule has 1 aromatic heterocycles. The molecule has 2 rings (SSSR count). The normalized spacial score (nSPS) is 13.7. The Hall–Kier alpha value is -1.51. The summed E-state index contributed by atoms with van der Waals surface area (Å²) in [7, 11) is -2.32. The summed E-state index contributed by atoms with van der Waals surface area (Å²) in [4.78, 5) is 15.6. The molecular weight excluding hydrogens is 470 g/mol. The fraction of sp³-hybridized carbons (Fsp3) is 0.692. The predicted octanol–water partition coefficient (Wildman–Crippen LogP) is 6.45. The maximum absolute atomic E-state index is 13.5. The van der Waals surface area contributed by atoms with Crippen molar-refractivity contribution in [3.8, 4) is 0 Å². The maximum Gasteiger partial charge on any atom is 0.305 e. The van der Waals surface area contributed by atoms with E-state index in [1.165, 1.54) is 37.7 Å². The highest BCUT2D eigenvalue weighted by molar-refractivity contribution is 7.94. The number of sulfone groups is 1.